The number of aromatic hydroxyl groups is 1. The van der Waals surface area contributed by atoms with Crippen molar-refractivity contribution in [2.75, 3.05) is 0 Å². The van der Waals surface area contributed by atoms with Gasteiger partial charge in [-0.1, -0.05) is 24.3 Å². The molecule has 2 aromatic carbocycles. The first-order chi connectivity index (χ1) is 16.3. The van der Waals surface area contributed by atoms with Gasteiger partial charge in [0, 0.05) is 11.8 Å². The molecule has 0 aliphatic heterocycles. The number of aromatic amines is 1. The van der Waals surface area contributed by atoms with Gasteiger partial charge in [0.25, 0.3) is 0 Å². The van der Waals surface area contributed by atoms with Gasteiger partial charge in [-0.15, -0.1) is 0 Å². The molecule has 3 heterocycles. The van der Waals surface area contributed by atoms with Crippen molar-refractivity contribution >= 4 is 11.0 Å². The third-order valence-electron chi connectivity index (χ3n) is 5.44. The third-order valence-corrected chi connectivity index (χ3v) is 5.44. The lowest BCUT2D eigenvalue weighted by Crippen LogP contribution is -2.05. The van der Waals surface area contributed by atoms with E-state index in [2.05, 4.69) is 20.1 Å². The van der Waals surface area contributed by atoms with Crippen LogP contribution in [-0.4, -0.2) is 29.8 Å². The standard InChI is InChI=1S/C24H17F4N5O/c25-16-9-5-14(6-10-16)7-11-17-21(20-12-8-15(13-29-20)24(26,27)28)32-33(22(17)34)23-30-18-3-1-2-4-19(18)31-23/h1-6,8-10,12-13,34H,7,11H2,(H,30,31). The number of para-hydroxylation sites is 2. The SMILES string of the molecule is Oc1c(CCc2ccc(F)cc2)c(-c2ccc(C(F)(F)F)cn2)nn1-c1nc2ccccc2[nH]1. The van der Waals surface area contributed by atoms with Crippen molar-refractivity contribution in [3.8, 4) is 23.2 Å². The molecule has 0 bridgehead atoms. The normalized spacial score (nSPS) is 11.9. The van der Waals surface area contributed by atoms with Crippen molar-refractivity contribution in [1.29, 1.82) is 0 Å². The average molecular weight is 467 g/mol. The summed E-state index contributed by atoms with van der Waals surface area (Å²) in [5.41, 5.74) is 2.12. The van der Waals surface area contributed by atoms with E-state index in [0.717, 1.165) is 23.3 Å². The van der Waals surface area contributed by atoms with Crippen LogP contribution in [0.15, 0.2) is 66.9 Å². The van der Waals surface area contributed by atoms with Crippen LogP contribution in [-0.2, 0) is 19.0 Å². The molecule has 10 heteroatoms. The number of imidazole rings is 1. The van der Waals surface area contributed by atoms with Gasteiger partial charge in [0.2, 0.25) is 11.8 Å². The van der Waals surface area contributed by atoms with Gasteiger partial charge in [-0.25, -0.2) is 9.37 Å². The van der Waals surface area contributed by atoms with E-state index in [4.69, 9.17) is 0 Å². The van der Waals surface area contributed by atoms with Crippen LogP contribution >= 0.6 is 0 Å². The number of fused-ring (bicyclic) bond motifs is 1. The Morgan fingerprint density at radius 2 is 1.71 bits per heavy atom. The number of H-pyrrole nitrogens is 1. The largest absolute Gasteiger partial charge is 0.493 e. The number of alkyl halides is 3. The molecular weight excluding hydrogens is 450 g/mol. The predicted molar refractivity (Wildman–Crippen MR) is 117 cm³/mol. The van der Waals surface area contributed by atoms with Crippen LogP contribution in [0.5, 0.6) is 5.88 Å². The number of aryl methyl sites for hydroxylation is 1. The zero-order valence-corrected chi connectivity index (χ0v) is 17.5. The van der Waals surface area contributed by atoms with Crippen molar-refractivity contribution in [3.63, 3.8) is 0 Å². The molecule has 2 N–H and O–H groups in total. The Balaban J connectivity index is 1.57. The van der Waals surface area contributed by atoms with Crippen molar-refractivity contribution in [2.24, 2.45) is 0 Å². The van der Waals surface area contributed by atoms with Gasteiger partial charge in [0.15, 0.2) is 0 Å². The van der Waals surface area contributed by atoms with Crippen LogP contribution < -0.4 is 0 Å². The van der Waals surface area contributed by atoms with Gasteiger partial charge in [-0.3, -0.25) is 4.98 Å². The minimum absolute atomic E-state index is 0.173. The van der Waals surface area contributed by atoms with Gasteiger partial charge in [0.05, 0.1) is 22.3 Å². The Labute approximate surface area is 190 Å². The predicted octanol–water partition coefficient (Wildman–Crippen LogP) is 5.46. The summed E-state index contributed by atoms with van der Waals surface area (Å²) in [6.45, 7) is 0. The monoisotopic (exact) mass is 467 g/mol. The number of pyridine rings is 1. The number of nitrogens with zero attached hydrogens (tertiary/aromatic N) is 4. The number of hydrogen-bond acceptors (Lipinski definition) is 4. The minimum atomic E-state index is -4.52. The lowest BCUT2D eigenvalue weighted by molar-refractivity contribution is -0.137. The molecule has 5 aromatic rings. The molecule has 172 valence electrons. The minimum Gasteiger partial charge on any atom is -0.493 e. The number of nitrogens with one attached hydrogen (secondary N) is 1. The lowest BCUT2D eigenvalue weighted by atomic mass is 10.0. The second kappa shape index (κ2) is 8.29. The Morgan fingerprint density at radius 1 is 0.941 bits per heavy atom. The van der Waals surface area contributed by atoms with E-state index in [1.807, 2.05) is 18.2 Å². The highest BCUT2D eigenvalue weighted by Gasteiger charge is 2.31. The number of benzene rings is 2. The highest BCUT2D eigenvalue weighted by molar-refractivity contribution is 5.76. The summed E-state index contributed by atoms with van der Waals surface area (Å²) in [6, 6.07) is 15.3. The van der Waals surface area contributed by atoms with Gasteiger partial charge in [-0.2, -0.15) is 23.0 Å². The molecule has 0 radical (unpaired) electrons. The molecular formula is C24H17F4N5O. The summed E-state index contributed by atoms with van der Waals surface area (Å²) >= 11 is 0. The maximum absolute atomic E-state index is 13.2. The van der Waals surface area contributed by atoms with Crippen molar-refractivity contribution in [3.05, 3.63) is 89.4 Å². The smallest absolute Gasteiger partial charge is 0.417 e. The molecule has 0 amide bonds. The highest BCUT2D eigenvalue weighted by atomic mass is 19.4. The van der Waals surface area contributed by atoms with Crippen LogP contribution in [0.2, 0.25) is 0 Å². The molecule has 0 saturated heterocycles. The zero-order chi connectivity index (χ0) is 23.9. The van der Waals surface area contributed by atoms with Gasteiger partial charge in [-0.05, 0) is 54.8 Å². The van der Waals surface area contributed by atoms with E-state index in [1.165, 1.54) is 22.9 Å². The molecule has 3 aromatic heterocycles. The molecule has 5 rings (SSSR count). The van der Waals surface area contributed by atoms with E-state index < -0.39 is 11.7 Å². The van der Waals surface area contributed by atoms with Crippen molar-refractivity contribution in [2.45, 2.75) is 19.0 Å². The molecule has 0 saturated carbocycles. The summed E-state index contributed by atoms with van der Waals surface area (Å²) in [5.74, 6) is -0.322. The van der Waals surface area contributed by atoms with Crippen LogP contribution in [0.4, 0.5) is 17.6 Å². The van der Waals surface area contributed by atoms with Crippen molar-refractivity contribution < 1.29 is 22.7 Å². The number of halogens is 4. The fourth-order valence-electron chi connectivity index (χ4n) is 3.69. The van der Waals surface area contributed by atoms with Gasteiger partial charge < -0.3 is 10.1 Å². The summed E-state index contributed by atoms with van der Waals surface area (Å²) in [7, 11) is 0. The second-order valence-electron chi connectivity index (χ2n) is 7.70. The summed E-state index contributed by atoms with van der Waals surface area (Å²) < 4.78 is 53.4. The van der Waals surface area contributed by atoms with E-state index >= 15 is 0 Å². The molecule has 0 atom stereocenters. The van der Waals surface area contributed by atoms with E-state index in [1.54, 1.807) is 18.2 Å². The third kappa shape index (κ3) is 4.09. The fraction of sp³-hybridized carbons (Fsp3) is 0.125. The van der Waals surface area contributed by atoms with Crippen molar-refractivity contribution in [1.82, 2.24) is 24.7 Å². The summed E-state index contributed by atoms with van der Waals surface area (Å²) in [4.78, 5) is 11.5. The highest BCUT2D eigenvalue weighted by Crippen LogP contribution is 2.34. The maximum Gasteiger partial charge on any atom is 0.417 e. The van der Waals surface area contributed by atoms with Crippen LogP contribution in [0, 0.1) is 5.82 Å². The van der Waals surface area contributed by atoms with Crippen LogP contribution in [0.3, 0.4) is 0 Å². The van der Waals surface area contributed by atoms with Crippen LogP contribution in [0.1, 0.15) is 16.7 Å². The Hall–Kier alpha value is -4.21. The Bertz CT molecular complexity index is 1420. The molecule has 0 unspecified atom stereocenters. The number of aromatic nitrogens is 5. The van der Waals surface area contributed by atoms with Gasteiger partial charge in [0.1, 0.15) is 11.5 Å². The molecule has 0 aliphatic carbocycles. The first-order valence-electron chi connectivity index (χ1n) is 10.3. The molecule has 0 aliphatic rings. The maximum atomic E-state index is 13.2. The quantitative estimate of drug-likeness (QED) is 0.337. The number of rotatable bonds is 5. The summed E-state index contributed by atoms with van der Waals surface area (Å²) in [6.07, 6.45) is -3.06. The fourth-order valence-corrected chi connectivity index (χ4v) is 3.69. The Morgan fingerprint density at radius 3 is 2.38 bits per heavy atom. The van der Waals surface area contributed by atoms with E-state index in [0.29, 0.717) is 17.5 Å². The Kier molecular flexibility index (Phi) is 5.27. The number of hydrogen-bond donors (Lipinski definition) is 2. The second-order valence-corrected chi connectivity index (χ2v) is 7.70. The molecule has 0 spiro atoms. The first-order valence-corrected chi connectivity index (χ1v) is 10.3. The summed E-state index contributed by atoms with van der Waals surface area (Å²) in [5, 5.41) is 15.5. The van der Waals surface area contributed by atoms with E-state index in [9.17, 15) is 22.7 Å². The average Bonchev–Trinajstić information content (AvgIpc) is 3.39. The molecule has 0 fully saturated rings. The topological polar surface area (TPSA) is 79.6 Å². The molecule has 34 heavy (non-hydrogen) atoms. The molecule has 6 nitrogen and oxygen atoms in total. The lowest BCUT2D eigenvalue weighted by Gasteiger charge is -2.07. The van der Waals surface area contributed by atoms with Crippen LogP contribution in [0.25, 0.3) is 28.4 Å². The zero-order valence-electron chi connectivity index (χ0n) is 17.5. The van der Waals surface area contributed by atoms with E-state index in [-0.39, 0.29) is 35.5 Å². The first kappa shape index (κ1) is 21.6. The van der Waals surface area contributed by atoms with Gasteiger partial charge >= 0.3 is 6.18 Å².